The van der Waals surface area contributed by atoms with E-state index in [4.69, 9.17) is 0 Å². The van der Waals surface area contributed by atoms with Crippen LogP contribution in [0.3, 0.4) is 0 Å². The number of hydrogen-bond acceptors (Lipinski definition) is 2. The fraction of sp³-hybridized carbons (Fsp3) is 0.174. The lowest BCUT2D eigenvalue weighted by atomic mass is 9.98. The smallest absolute Gasteiger partial charge is 0.387 e. The van der Waals surface area contributed by atoms with Crippen LogP contribution in [0.25, 0.3) is 0 Å². The molecule has 3 rings (SSSR count). The van der Waals surface area contributed by atoms with Gasteiger partial charge in [-0.1, -0.05) is 72.8 Å². The summed E-state index contributed by atoms with van der Waals surface area (Å²) < 4.78 is 29.1. The van der Waals surface area contributed by atoms with Crippen LogP contribution < -0.4 is 10.1 Å². The molecule has 0 radical (unpaired) electrons. The zero-order valence-corrected chi connectivity index (χ0v) is 15.2. The maximum absolute atomic E-state index is 12.6. The summed E-state index contributed by atoms with van der Waals surface area (Å²) in [6.07, 6.45) is 1.01. The summed E-state index contributed by atoms with van der Waals surface area (Å²) in [6.45, 7) is -2.87. The number of carbonyl (C=O) groups is 1. The summed E-state index contributed by atoms with van der Waals surface area (Å²) in [4.78, 5) is 12.6. The van der Waals surface area contributed by atoms with Gasteiger partial charge in [-0.25, -0.2) is 0 Å². The number of hydrogen-bond donors (Lipinski definition) is 1. The fourth-order valence-electron chi connectivity index (χ4n) is 2.98. The van der Waals surface area contributed by atoms with Gasteiger partial charge >= 0.3 is 6.61 Å². The highest BCUT2D eigenvalue weighted by atomic mass is 19.3. The third kappa shape index (κ3) is 5.64. The number of rotatable bonds is 8. The van der Waals surface area contributed by atoms with Gasteiger partial charge in [0.15, 0.2) is 0 Å². The second kappa shape index (κ2) is 9.65. The molecule has 0 heterocycles. The molecule has 1 N–H and O–H groups in total. The number of nitrogens with one attached hydrogen (secondary N) is 1. The molecule has 0 aliphatic rings. The van der Waals surface area contributed by atoms with Crippen molar-refractivity contribution in [1.82, 2.24) is 5.32 Å². The Hall–Kier alpha value is -3.21. The summed E-state index contributed by atoms with van der Waals surface area (Å²) in [7, 11) is 0. The molecular formula is C23H21F2NO2. The van der Waals surface area contributed by atoms with Crippen LogP contribution in [0, 0.1) is 0 Å². The van der Waals surface area contributed by atoms with Gasteiger partial charge in [0, 0.05) is 6.42 Å². The number of carbonyl (C=O) groups excluding carboxylic acids is 1. The Balaban J connectivity index is 1.73. The van der Waals surface area contributed by atoms with E-state index in [0.717, 1.165) is 16.7 Å². The topological polar surface area (TPSA) is 38.3 Å². The molecule has 0 aliphatic carbocycles. The fourth-order valence-corrected chi connectivity index (χ4v) is 2.98. The zero-order valence-electron chi connectivity index (χ0n) is 15.2. The maximum Gasteiger partial charge on any atom is 0.387 e. The van der Waals surface area contributed by atoms with Gasteiger partial charge in [-0.15, -0.1) is 0 Å². The number of amides is 1. The molecule has 144 valence electrons. The van der Waals surface area contributed by atoms with Crippen molar-refractivity contribution in [2.75, 3.05) is 0 Å². The molecule has 3 aromatic carbocycles. The average molecular weight is 381 g/mol. The molecule has 3 nitrogen and oxygen atoms in total. The van der Waals surface area contributed by atoms with Gasteiger partial charge in [-0.05, 0) is 35.2 Å². The van der Waals surface area contributed by atoms with Crippen LogP contribution in [-0.4, -0.2) is 12.5 Å². The molecule has 0 aromatic heterocycles. The van der Waals surface area contributed by atoms with Crippen molar-refractivity contribution in [3.05, 3.63) is 102 Å². The molecule has 0 spiro atoms. The molecule has 0 saturated heterocycles. The van der Waals surface area contributed by atoms with Crippen molar-refractivity contribution >= 4 is 5.91 Å². The molecule has 1 unspecified atom stereocenters. The van der Waals surface area contributed by atoms with Crippen LogP contribution in [0.15, 0.2) is 84.9 Å². The van der Waals surface area contributed by atoms with E-state index in [0.29, 0.717) is 12.8 Å². The monoisotopic (exact) mass is 381 g/mol. The van der Waals surface area contributed by atoms with E-state index < -0.39 is 6.61 Å². The molecule has 3 aromatic rings. The lowest BCUT2D eigenvalue weighted by Crippen LogP contribution is -2.29. The van der Waals surface area contributed by atoms with Crippen molar-refractivity contribution in [2.24, 2.45) is 0 Å². The van der Waals surface area contributed by atoms with Gasteiger partial charge < -0.3 is 10.1 Å². The summed E-state index contributed by atoms with van der Waals surface area (Å²) in [5.41, 5.74) is 2.81. The molecule has 0 fully saturated rings. The molecule has 0 aliphatic heterocycles. The summed E-state index contributed by atoms with van der Waals surface area (Å²) in [5.74, 6) is 0.00609. The molecule has 1 atom stereocenters. The number of halogens is 2. The average Bonchev–Trinajstić information content (AvgIpc) is 2.72. The summed E-state index contributed by atoms with van der Waals surface area (Å²) in [6, 6.07) is 25.3. The minimum Gasteiger partial charge on any atom is -0.435 e. The van der Waals surface area contributed by atoms with Crippen molar-refractivity contribution in [2.45, 2.75) is 25.5 Å². The Bertz CT molecular complexity index is 868. The Morgan fingerprint density at radius 1 is 0.821 bits per heavy atom. The highest BCUT2D eigenvalue weighted by Gasteiger charge is 2.17. The molecule has 1 amide bonds. The van der Waals surface area contributed by atoms with E-state index in [9.17, 15) is 13.6 Å². The van der Waals surface area contributed by atoms with Crippen LogP contribution >= 0.6 is 0 Å². The summed E-state index contributed by atoms with van der Waals surface area (Å²) >= 11 is 0. The van der Waals surface area contributed by atoms with E-state index >= 15 is 0 Å². The van der Waals surface area contributed by atoms with Crippen LogP contribution in [0.1, 0.15) is 29.2 Å². The van der Waals surface area contributed by atoms with Crippen LogP contribution in [0.5, 0.6) is 5.75 Å². The van der Waals surface area contributed by atoms with Crippen molar-refractivity contribution in [3.63, 3.8) is 0 Å². The zero-order chi connectivity index (χ0) is 19.8. The van der Waals surface area contributed by atoms with Gasteiger partial charge in [-0.3, -0.25) is 4.79 Å². The largest absolute Gasteiger partial charge is 0.435 e. The minimum absolute atomic E-state index is 0.0781. The number of alkyl halides is 2. The second-order valence-electron chi connectivity index (χ2n) is 6.34. The van der Waals surface area contributed by atoms with Gasteiger partial charge in [0.25, 0.3) is 0 Å². The van der Waals surface area contributed by atoms with Gasteiger partial charge in [0.1, 0.15) is 5.75 Å². The van der Waals surface area contributed by atoms with Crippen LogP contribution in [0.2, 0.25) is 0 Å². The lowest BCUT2D eigenvalue weighted by molar-refractivity contribution is -0.121. The van der Waals surface area contributed by atoms with E-state index in [1.165, 1.54) is 12.1 Å². The highest BCUT2D eigenvalue weighted by Crippen LogP contribution is 2.25. The standard InChI is InChI=1S/C23H21F2NO2/c24-23(25)28-20-14-12-19(13-15-20)22(18-9-5-2-6-10-18)26-21(27)16-11-17-7-3-1-4-8-17/h1-10,12-15,22-23H,11,16H2,(H,26,27). The Kier molecular flexibility index (Phi) is 6.73. The Morgan fingerprint density at radius 2 is 1.39 bits per heavy atom. The SMILES string of the molecule is O=C(CCc1ccccc1)NC(c1ccccc1)c1ccc(OC(F)F)cc1. The van der Waals surface area contributed by atoms with E-state index in [1.54, 1.807) is 12.1 Å². The quantitative estimate of drug-likeness (QED) is 0.588. The predicted molar refractivity (Wildman–Crippen MR) is 104 cm³/mol. The lowest BCUT2D eigenvalue weighted by Gasteiger charge is -2.20. The van der Waals surface area contributed by atoms with Gasteiger partial charge in [0.05, 0.1) is 6.04 Å². The first-order chi connectivity index (χ1) is 13.6. The predicted octanol–water partition coefficient (Wildman–Crippen LogP) is 5.13. The van der Waals surface area contributed by atoms with E-state index in [-0.39, 0.29) is 17.7 Å². The maximum atomic E-state index is 12.6. The second-order valence-corrected chi connectivity index (χ2v) is 6.34. The Labute approximate surface area is 163 Å². The number of ether oxygens (including phenoxy) is 1. The number of benzene rings is 3. The van der Waals surface area contributed by atoms with E-state index in [2.05, 4.69) is 10.1 Å². The molecule has 28 heavy (non-hydrogen) atoms. The minimum atomic E-state index is -2.87. The molecule has 0 bridgehead atoms. The third-order valence-electron chi connectivity index (χ3n) is 4.36. The van der Waals surface area contributed by atoms with Crippen molar-refractivity contribution < 1.29 is 18.3 Å². The van der Waals surface area contributed by atoms with Crippen molar-refractivity contribution in [1.29, 1.82) is 0 Å². The first-order valence-corrected chi connectivity index (χ1v) is 9.05. The highest BCUT2D eigenvalue weighted by molar-refractivity contribution is 5.77. The normalized spacial score (nSPS) is 11.8. The van der Waals surface area contributed by atoms with Gasteiger partial charge in [-0.2, -0.15) is 8.78 Å². The molecular weight excluding hydrogens is 360 g/mol. The summed E-state index contributed by atoms with van der Waals surface area (Å²) in [5, 5.41) is 3.05. The third-order valence-corrected chi connectivity index (χ3v) is 4.36. The molecule has 5 heteroatoms. The van der Waals surface area contributed by atoms with Crippen LogP contribution in [0.4, 0.5) is 8.78 Å². The molecule has 0 saturated carbocycles. The first kappa shape index (κ1) is 19.5. The van der Waals surface area contributed by atoms with Gasteiger partial charge in [0.2, 0.25) is 5.91 Å². The van der Waals surface area contributed by atoms with Crippen LogP contribution in [-0.2, 0) is 11.2 Å². The van der Waals surface area contributed by atoms with Crippen molar-refractivity contribution in [3.8, 4) is 5.75 Å². The Morgan fingerprint density at radius 3 is 2.00 bits per heavy atom. The number of aryl methyl sites for hydroxylation is 1. The van der Waals surface area contributed by atoms with E-state index in [1.807, 2.05) is 60.7 Å². The first-order valence-electron chi connectivity index (χ1n) is 9.05.